The van der Waals surface area contributed by atoms with E-state index in [-0.39, 0.29) is 5.91 Å². The molecular weight excluding hydrogens is 293 g/mol. The standard InChI is InChI=1S/C14H14FN3O2S/c1-9(13(19)16-6-12-7-21-8-17-12)18-14(20)10-2-4-11(15)5-3-10/h2-5,7-9H,6H2,1H3,(H,16,19)(H,18,20). The molecule has 0 aliphatic rings. The van der Waals surface area contributed by atoms with Crippen LogP contribution in [0.3, 0.4) is 0 Å². The van der Waals surface area contributed by atoms with Crippen LogP contribution in [0, 0.1) is 5.82 Å². The van der Waals surface area contributed by atoms with Crippen LogP contribution in [0.1, 0.15) is 23.0 Å². The first kappa shape index (κ1) is 15.1. The second-order valence-corrected chi connectivity index (χ2v) is 5.12. The second-order valence-electron chi connectivity index (χ2n) is 4.40. The van der Waals surface area contributed by atoms with Gasteiger partial charge in [0, 0.05) is 10.9 Å². The predicted molar refractivity (Wildman–Crippen MR) is 77.3 cm³/mol. The Morgan fingerprint density at radius 3 is 2.67 bits per heavy atom. The van der Waals surface area contributed by atoms with Crippen molar-refractivity contribution < 1.29 is 14.0 Å². The molecule has 0 aliphatic heterocycles. The highest BCUT2D eigenvalue weighted by atomic mass is 32.1. The summed E-state index contributed by atoms with van der Waals surface area (Å²) in [6.07, 6.45) is 0. The molecule has 5 nitrogen and oxygen atoms in total. The van der Waals surface area contributed by atoms with E-state index in [1.54, 1.807) is 12.4 Å². The van der Waals surface area contributed by atoms with Gasteiger partial charge in [0.25, 0.3) is 5.91 Å². The van der Waals surface area contributed by atoms with E-state index in [4.69, 9.17) is 0 Å². The fourth-order valence-electron chi connectivity index (χ4n) is 1.60. The minimum absolute atomic E-state index is 0.301. The summed E-state index contributed by atoms with van der Waals surface area (Å²) in [5.74, 6) is -1.15. The molecule has 1 aromatic carbocycles. The van der Waals surface area contributed by atoms with Crippen molar-refractivity contribution in [3.8, 4) is 0 Å². The summed E-state index contributed by atoms with van der Waals surface area (Å²) in [4.78, 5) is 27.8. The maximum atomic E-state index is 12.8. The van der Waals surface area contributed by atoms with Gasteiger partial charge in [-0.05, 0) is 31.2 Å². The summed E-state index contributed by atoms with van der Waals surface area (Å²) in [5, 5.41) is 7.07. The Bertz CT molecular complexity index is 614. The molecule has 1 heterocycles. The fraction of sp³-hybridized carbons (Fsp3) is 0.214. The molecule has 7 heteroatoms. The minimum Gasteiger partial charge on any atom is -0.349 e. The smallest absolute Gasteiger partial charge is 0.251 e. The van der Waals surface area contributed by atoms with E-state index in [9.17, 15) is 14.0 Å². The molecule has 110 valence electrons. The molecule has 1 unspecified atom stereocenters. The molecule has 0 radical (unpaired) electrons. The molecule has 2 rings (SSSR count). The van der Waals surface area contributed by atoms with Gasteiger partial charge in [0.05, 0.1) is 17.7 Å². The van der Waals surface area contributed by atoms with Gasteiger partial charge in [0.2, 0.25) is 5.91 Å². The SMILES string of the molecule is CC(NC(=O)c1ccc(F)cc1)C(=O)NCc1cscn1. The highest BCUT2D eigenvalue weighted by molar-refractivity contribution is 7.07. The normalized spacial score (nSPS) is 11.7. The van der Waals surface area contributed by atoms with Crippen molar-refractivity contribution in [2.24, 2.45) is 0 Å². The maximum Gasteiger partial charge on any atom is 0.251 e. The van der Waals surface area contributed by atoms with Crippen molar-refractivity contribution >= 4 is 23.2 Å². The van der Waals surface area contributed by atoms with Crippen molar-refractivity contribution in [2.45, 2.75) is 19.5 Å². The van der Waals surface area contributed by atoms with Crippen molar-refractivity contribution in [3.05, 3.63) is 52.2 Å². The lowest BCUT2D eigenvalue weighted by Crippen LogP contribution is -2.44. The van der Waals surface area contributed by atoms with Gasteiger partial charge in [-0.1, -0.05) is 0 Å². The van der Waals surface area contributed by atoms with Crippen LogP contribution in [-0.4, -0.2) is 22.8 Å². The van der Waals surface area contributed by atoms with Gasteiger partial charge in [-0.25, -0.2) is 9.37 Å². The third-order valence-electron chi connectivity index (χ3n) is 2.77. The van der Waals surface area contributed by atoms with E-state index in [0.29, 0.717) is 12.1 Å². The van der Waals surface area contributed by atoms with Gasteiger partial charge in [-0.2, -0.15) is 0 Å². The largest absolute Gasteiger partial charge is 0.349 e. The van der Waals surface area contributed by atoms with Crippen molar-refractivity contribution in [3.63, 3.8) is 0 Å². The summed E-state index contributed by atoms with van der Waals surface area (Å²) in [6, 6.07) is 4.43. The highest BCUT2D eigenvalue weighted by Crippen LogP contribution is 2.03. The molecule has 21 heavy (non-hydrogen) atoms. The number of carbonyl (C=O) groups excluding carboxylic acids is 2. The molecule has 2 aromatic rings. The average Bonchev–Trinajstić information content (AvgIpc) is 2.98. The maximum absolute atomic E-state index is 12.8. The van der Waals surface area contributed by atoms with Crippen molar-refractivity contribution in [1.82, 2.24) is 15.6 Å². The van der Waals surface area contributed by atoms with Crippen LogP contribution in [0.15, 0.2) is 35.2 Å². The molecule has 0 fully saturated rings. The number of hydrogen-bond acceptors (Lipinski definition) is 4. The van der Waals surface area contributed by atoms with Crippen LogP contribution >= 0.6 is 11.3 Å². The Balaban J connectivity index is 1.85. The summed E-state index contributed by atoms with van der Waals surface area (Å²) >= 11 is 1.45. The number of rotatable bonds is 5. The predicted octanol–water partition coefficient (Wildman–Crippen LogP) is 1.72. The Hall–Kier alpha value is -2.28. The highest BCUT2D eigenvalue weighted by Gasteiger charge is 2.16. The van der Waals surface area contributed by atoms with E-state index in [1.807, 2.05) is 5.38 Å². The second kappa shape index (κ2) is 6.94. The third kappa shape index (κ3) is 4.35. The van der Waals surface area contributed by atoms with Crippen LogP contribution < -0.4 is 10.6 Å². The van der Waals surface area contributed by atoms with Gasteiger partial charge >= 0.3 is 0 Å². The number of aromatic nitrogens is 1. The average molecular weight is 307 g/mol. The number of hydrogen-bond donors (Lipinski definition) is 2. The van der Waals surface area contributed by atoms with Gasteiger partial charge in [0.1, 0.15) is 11.9 Å². The molecular formula is C14H14FN3O2S. The summed E-state index contributed by atoms with van der Waals surface area (Å²) in [6.45, 7) is 1.90. The summed E-state index contributed by atoms with van der Waals surface area (Å²) in [7, 11) is 0. The molecule has 1 aromatic heterocycles. The molecule has 2 amide bonds. The number of nitrogens with one attached hydrogen (secondary N) is 2. The van der Waals surface area contributed by atoms with Crippen molar-refractivity contribution in [2.75, 3.05) is 0 Å². The lowest BCUT2D eigenvalue weighted by Gasteiger charge is -2.13. The Morgan fingerprint density at radius 1 is 1.33 bits per heavy atom. The molecule has 0 saturated carbocycles. The lowest BCUT2D eigenvalue weighted by atomic mass is 10.2. The lowest BCUT2D eigenvalue weighted by molar-refractivity contribution is -0.122. The number of benzene rings is 1. The Morgan fingerprint density at radius 2 is 2.05 bits per heavy atom. The van der Waals surface area contributed by atoms with Crippen LogP contribution in [-0.2, 0) is 11.3 Å². The van der Waals surface area contributed by atoms with Crippen LogP contribution in [0.5, 0.6) is 0 Å². The van der Waals surface area contributed by atoms with Crippen LogP contribution in [0.4, 0.5) is 4.39 Å². The van der Waals surface area contributed by atoms with E-state index >= 15 is 0 Å². The zero-order chi connectivity index (χ0) is 15.2. The van der Waals surface area contributed by atoms with E-state index in [0.717, 1.165) is 5.69 Å². The van der Waals surface area contributed by atoms with E-state index in [2.05, 4.69) is 15.6 Å². The van der Waals surface area contributed by atoms with E-state index in [1.165, 1.54) is 35.6 Å². The monoisotopic (exact) mass is 307 g/mol. The molecule has 0 spiro atoms. The topological polar surface area (TPSA) is 71.1 Å². The quantitative estimate of drug-likeness (QED) is 0.883. The molecule has 0 saturated heterocycles. The first-order valence-electron chi connectivity index (χ1n) is 6.27. The fourth-order valence-corrected chi connectivity index (χ4v) is 2.16. The van der Waals surface area contributed by atoms with Gasteiger partial charge in [-0.15, -0.1) is 11.3 Å². The number of amides is 2. The van der Waals surface area contributed by atoms with Gasteiger partial charge < -0.3 is 10.6 Å². The third-order valence-corrected chi connectivity index (χ3v) is 3.41. The molecule has 0 bridgehead atoms. The van der Waals surface area contributed by atoms with Crippen molar-refractivity contribution in [1.29, 1.82) is 0 Å². The number of thiazole rings is 1. The first-order chi connectivity index (χ1) is 10.1. The van der Waals surface area contributed by atoms with E-state index < -0.39 is 17.8 Å². The van der Waals surface area contributed by atoms with Crippen LogP contribution in [0.25, 0.3) is 0 Å². The summed E-state index contributed by atoms with van der Waals surface area (Å²) < 4.78 is 12.8. The van der Waals surface area contributed by atoms with Gasteiger partial charge in [-0.3, -0.25) is 9.59 Å². The molecule has 0 aliphatic carbocycles. The van der Waals surface area contributed by atoms with Crippen LogP contribution in [0.2, 0.25) is 0 Å². The Labute approximate surface area is 125 Å². The first-order valence-corrected chi connectivity index (χ1v) is 7.22. The number of carbonyl (C=O) groups is 2. The number of nitrogens with zero attached hydrogens (tertiary/aromatic N) is 1. The molecule has 2 N–H and O–H groups in total. The zero-order valence-electron chi connectivity index (χ0n) is 11.3. The number of halogens is 1. The summed E-state index contributed by atoms with van der Waals surface area (Å²) in [5.41, 5.74) is 2.75. The molecule has 1 atom stereocenters. The Kier molecular flexibility index (Phi) is 4.99. The zero-order valence-corrected chi connectivity index (χ0v) is 12.1. The van der Waals surface area contributed by atoms with Gasteiger partial charge in [0.15, 0.2) is 0 Å². The minimum atomic E-state index is -0.693.